The van der Waals surface area contributed by atoms with Crippen LogP contribution in [0, 0.1) is 11.3 Å². The number of hydrogen-bond donors (Lipinski definition) is 1. The molecule has 1 N–H and O–H groups in total. The van der Waals surface area contributed by atoms with Crippen molar-refractivity contribution >= 4 is 15.5 Å². The summed E-state index contributed by atoms with van der Waals surface area (Å²) in [7, 11) is -4.31. The van der Waals surface area contributed by atoms with Gasteiger partial charge in [0.2, 0.25) is 9.84 Å². The topological polar surface area (TPSA) is 70.0 Å². The molecule has 0 spiro atoms. The highest BCUT2D eigenvalue weighted by Crippen LogP contribution is 2.37. The van der Waals surface area contributed by atoms with Gasteiger partial charge in [0.1, 0.15) is 6.07 Å². The fourth-order valence-electron chi connectivity index (χ4n) is 2.08. The van der Waals surface area contributed by atoms with E-state index < -0.39 is 43.9 Å². The van der Waals surface area contributed by atoms with Gasteiger partial charge in [-0.25, -0.2) is 8.42 Å². The van der Waals surface area contributed by atoms with Crippen molar-refractivity contribution in [3.8, 4) is 6.07 Å². The molecule has 0 radical (unpaired) electrons. The van der Waals surface area contributed by atoms with Gasteiger partial charge in [-0.15, -0.1) is 0 Å². The monoisotopic (exact) mass is 420 g/mol. The summed E-state index contributed by atoms with van der Waals surface area (Å²) in [6.07, 6.45) is -9.58. The van der Waals surface area contributed by atoms with Crippen LogP contribution in [0.2, 0.25) is 0 Å². The van der Waals surface area contributed by atoms with Crippen LogP contribution >= 0.6 is 0 Å². The minimum Gasteiger partial charge on any atom is -0.360 e. The largest absolute Gasteiger partial charge is 0.416 e. The number of rotatable bonds is 4. The van der Waals surface area contributed by atoms with Crippen LogP contribution in [0.5, 0.6) is 0 Å². The maximum absolute atomic E-state index is 12.9. The third-order valence-electron chi connectivity index (χ3n) is 3.41. The number of allylic oxidation sites excluding steroid dienone is 1. The molecule has 2 aromatic carbocycles. The number of nitrogens with one attached hydrogen (secondary N) is 1. The SMILES string of the molecule is N#C/C(=C/Nc1cc(C(F)(F)F)cc(C(F)(F)F)c1)S(=O)(=O)c1ccccc1. The highest BCUT2D eigenvalue weighted by molar-refractivity contribution is 7.95. The second-order valence-corrected chi connectivity index (χ2v) is 7.29. The normalized spacial score (nSPS) is 13.1. The molecule has 0 fully saturated rings. The van der Waals surface area contributed by atoms with E-state index in [0.29, 0.717) is 18.3 Å². The Bertz CT molecular complexity index is 1000. The number of alkyl halides is 6. The summed E-state index contributed by atoms with van der Waals surface area (Å²) in [5.41, 5.74) is -3.84. The third kappa shape index (κ3) is 4.83. The molecular weight excluding hydrogens is 410 g/mol. The first-order valence-electron chi connectivity index (χ1n) is 7.32. The van der Waals surface area contributed by atoms with Crippen molar-refractivity contribution in [2.45, 2.75) is 17.2 Å². The average molecular weight is 420 g/mol. The number of anilines is 1. The molecule has 0 saturated carbocycles. The number of hydrogen-bond acceptors (Lipinski definition) is 4. The molecule has 0 saturated heterocycles. The summed E-state index contributed by atoms with van der Waals surface area (Å²) >= 11 is 0. The number of halogens is 6. The lowest BCUT2D eigenvalue weighted by Crippen LogP contribution is -2.12. The first-order valence-corrected chi connectivity index (χ1v) is 8.80. The minimum atomic E-state index is -5.06. The minimum absolute atomic E-state index is 0.0686. The molecule has 0 aliphatic rings. The summed E-state index contributed by atoms with van der Waals surface area (Å²) in [6.45, 7) is 0. The first-order chi connectivity index (χ1) is 12.9. The van der Waals surface area contributed by atoms with Crippen molar-refractivity contribution in [2.75, 3.05) is 5.32 Å². The Labute approximate surface area is 155 Å². The Balaban J connectivity index is 2.48. The Morgan fingerprint density at radius 3 is 1.86 bits per heavy atom. The van der Waals surface area contributed by atoms with E-state index in [1.807, 2.05) is 5.32 Å². The Morgan fingerprint density at radius 1 is 0.929 bits per heavy atom. The average Bonchev–Trinajstić information content (AvgIpc) is 2.61. The van der Waals surface area contributed by atoms with E-state index in [2.05, 4.69) is 0 Å². The highest BCUT2D eigenvalue weighted by Gasteiger charge is 2.37. The van der Waals surface area contributed by atoms with E-state index in [1.165, 1.54) is 36.4 Å². The molecule has 0 unspecified atom stereocenters. The second kappa shape index (κ2) is 7.55. The lowest BCUT2D eigenvalue weighted by Gasteiger charge is -2.14. The summed E-state index contributed by atoms with van der Waals surface area (Å²) in [6, 6.07) is 8.71. The van der Waals surface area contributed by atoms with Gasteiger partial charge >= 0.3 is 12.4 Å². The molecule has 0 aliphatic heterocycles. The van der Waals surface area contributed by atoms with Crippen molar-refractivity contribution in [3.63, 3.8) is 0 Å². The van der Waals surface area contributed by atoms with E-state index in [1.54, 1.807) is 0 Å². The second-order valence-electron chi connectivity index (χ2n) is 5.38. The lowest BCUT2D eigenvalue weighted by atomic mass is 10.1. The van der Waals surface area contributed by atoms with Gasteiger partial charge in [-0.3, -0.25) is 0 Å². The van der Waals surface area contributed by atoms with E-state index in [4.69, 9.17) is 5.26 Å². The van der Waals surface area contributed by atoms with Crippen LogP contribution in [0.1, 0.15) is 11.1 Å². The van der Waals surface area contributed by atoms with Gasteiger partial charge in [0.25, 0.3) is 0 Å². The molecule has 0 bridgehead atoms. The first kappa shape index (κ1) is 21.3. The molecule has 2 rings (SSSR count). The van der Waals surface area contributed by atoms with E-state index in [0.717, 1.165) is 0 Å². The van der Waals surface area contributed by atoms with Crippen molar-refractivity contribution in [3.05, 3.63) is 70.8 Å². The maximum atomic E-state index is 12.9. The Hall–Kier alpha value is -3.00. The fraction of sp³-hybridized carbons (Fsp3) is 0.118. The van der Waals surface area contributed by atoms with Gasteiger partial charge < -0.3 is 5.32 Å². The molecule has 2 aromatic rings. The van der Waals surface area contributed by atoms with Crippen molar-refractivity contribution in [1.82, 2.24) is 0 Å². The molecular formula is C17H10F6N2O2S. The van der Waals surface area contributed by atoms with Crippen LogP contribution in [-0.2, 0) is 22.2 Å². The predicted molar refractivity (Wildman–Crippen MR) is 87.4 cm³/mol. The molecule has 4 nitrogen and oxygen atoms in total. The highest BCUT2D eigenvalue weighted by atomic mass is 32.2. The van der Waals surface area contributed by atoms with Crippen molar-refractivity contribution in [2.24, 2.45) is 0 Å². The molecule has 11 heteroatoms. The molecule has 0 atom stereocenters. The van der Waals surface area contributed by atoms with Gasteiger partial charge in [-0.05, 0) is 30.3 Å². The Morgan fingerprint density at radius 2 is 1.43 bits per heavy atom. The van der Waals surface area contributed by atoms with Gasteiger partial charge in [0.15, 0.2) is 4.91 Å². The number of benzene rings is 2. The zero-order valence-electron chi connectivity index (χ0n) is 13.6. The van der Waals surface area contributed by atoms with E-state index in [-0.39, 0.29) is 11.0 Å². The van der Waals surface area contributed by atoms with Gasteiger partial charge in [0, 0.05) is 11.9 Å². The zero-order valence-corrected chi connectivity index (χ0v) is 14.5. The van der Waals surface area contributed by atoms with Crippen LogP contribution < -0.4 is 5.32 Å². The maximum Gasteiger partial charge on any atom is 0.416 e. The van der Waals surface area contributed by atoms with Crippen molar-refractivity contribution < 1.29 is 34.8 Å². The van der Waals surface area contributed by atoms with Crippen LogP contribution in [0.25, 0.3) is 0 Å². The molecule has 148 valence electrons. The summed E-state index contributed by atoms with van der Waals surface area (Å²) in [5, 5.41) is 11.1. The molecule has 28 heavy (non-hydrogen) atoms. The number of nitriles is 1. The van der Waals surface area contributed by atoms with Crippen molar-refractivity contribution in [1.29, 1.82) is 5.26 Å². The lowest BCUT2D eigenvalue weighted by molar-refractivity contribution is -0.143. The predicted octanol–water partition coefficient (Wildman–Crippen LogP) is 4.97. The quantitative estimate of drug-likeness (QED) is 0.560. The smallest absolute Gasteiger partial charge is 0.360 e. The summed E-state index contributed by atoms with van der Waals surface area (Å²) < 4.78 is 102. The van der Waals surface area contributed by atoms with Crippen LogP contribution in [0.4, 0.5) is 32.0 Å². The molecule has 0 aliphatic carbocycles. The number of sulfone groups is 1. The summed E-state index contributed by atoms with van der Waals surface area (Å²) in [4.78, 5) is -1.14. The van der Waals surface area contributed by atoms with Gasteiger partial charge in [-0.1, -0.05) is 18.2 Å². The zero-order chi connectivity index (χ0) is 21.2. The van der Waals surface area contributed by atoms with Crippen LogP contribution in [0.3, 0.4) is 0 Å². The van der Waals surface area contributed by atoms with E-state index >= 15 is 0 Å². The van der Waals surface area contributed by atoms with Crippen LogP contribution in [-0.4, -0.2) is 8.42 Å². The standard InChI is InChI=1S/C17H10F6N2O2S/c18-16(19,20)11-6-12(17(21,22)23)8-13(7-11)25-10-15(9-24)28(26,27)14-4-2-1-3-5-14/h1-8,10,25H/b15-10-. The third-order valence-corrected chi connectivity index (χ3v) is 5.09. The van der Waals surface area contributed by atoms with Crippen LogP contribution in [0.15, 0.2) is 64.5 Å². The Kier molecular flexibility index (Phi) is 5.75. The fourth-order valence-corrected chi connectivity index (χ4v) is 3.19. The van der Waals surface area contributed by atoms with Gasteiger partial charge in [-0.2, -0.15) is 31.6 Å². The number of nitrogens with zero attached hydrogens (tertiary/aromatic N) is 1. The molecule has 0 aromatic heterocycles. The van der Waals surface area contributed by atoms with E-state index in [9.17, 15) is 34.8 Å². The van der Waals surface area contributed by atoms with Gasteiger partial charge in [0.05, 0.1) is 16.0 Å². The summed E-state index contributed by atoms with van der Waals surface area (Å²) in [5.74, 6) is 0. The molecule has 0 heterocycles. The molecule has 0 amide bonds.